The number of hydrogen-bond donors (Lipinski definition) is 1. The zero-order valence-electron chi connectivity index (χ0n) is 12.1. The summed E-state index contributed by atoms with van der Waals surface area (Å²) in [6, 6.07) is 4.50. The molecule has 0 aromatic heterocycles. The molecule has 1 amide bonds. The van der Waals surface area contributed by atoms with Crippen LogP contribution in [0, 0.1) is 0 Å². The molecule has 21 heavy (non-hydrogen) atoms. The fourth-order valence-electron chi connectivity index (χ4n) is 2.23. The zero-order chi connectivity index (χ0) is 16.0. The lowest BCUT2D eigenvalue weighted by Gasteiger charge is -2.28. The quantitative estimate of drug-likeness (QED) is 0.902. The molecule has 1 heterocycles. The Morgan fingerprint density at radius 1 is 1.29 bits per heavy atom. The Kier molecular flexibility index (Phi) is 3.57. The van der Waals surface area contributed by atoms with Crippen molar-refractivity contribution in [2.24, 2.45) is 0 Å². The normalized spacial score (nSPS) is 14.9. The first-order valence-corrected chi connectivity index (χ1v) is 8.32. The fraction of sp³-hybridized carbons (Fsp3) is 0.429. The van der Waals surface area contributed by atoms with Crippen molar-refractivity contribution in [3.8, 4) is 0 Å². The number of sulfone groups is 1. The monoisotopic (exact) mass is 311 g/mol. The van der Waals surface area contributed by atoms with Crippen molar-refractivity contribution in [3.63, 3.8) is 0 Å². The van der Waals surface area contributed by atoms with Gasteiger partial charge in [-0.1, -0.05) is 0 Å². The van der Waals surface area contributed by atoms with Crippen molar-refractivity contribution in [2.75, 3.05) is 17.7 Å². The summed E-state index contributed by atoms with van der Waals surface area (Å²) >= 11 is 0. The molecule has 0 saturated heterocycles. The molecule has 0 aliphatic carbocycles. The molecule has 6 nitrogen and oxygen atoms in total. The summed E-state index contributed by atoms with van der Waals surface area (Å²) in [5.74, 6) is -1.52. The van der Waals surface area contributed by atoms with Crippen LogP contribution in [0.15, 0.2) is 18.2 Å². The number of aromatic carboxylic acids is 1. The van der Waals surface area contributed by atoms with E-state index in [1.165, 1.54) is 30.9 Å². The van der Waals surface area contributed by atoms with Gasteiger partial charge < -0.3 is 10.0 Å². The minimum absolute atomic E-state index is 0.158. The predicted molar refractivity (Wildman–Crippen MR) is 78.4 cm³/mol. The molecule has 2 rings (SSSR count). The van der Waals surface area contributed by atoms with E-state index >= 15 is 0 Å². The average molecular weight is 311 g/mol. The molecule has 0 bridgehead atoms. The predicted octanol–water partition coefficient (Wildman–Crippen LogP) is 1.10. The van der Waals surface area contributed by atoms with Gasteiger partial charge in [-0.3, -0.25) is 4.79 Å². The SMILES string of the molecule is CC(C)(C(=O)N1CCc2cc(C(=O)O)ccc21)S(C)(=O)=O. The van der Waals surface area contributed by atoms with Crippen LogP contribution < -0.4 is 4.90 Å². The number of carbonyl (C=O) groups excluding carboxylic acids is 1. The van der Waals surface area contributed by atoms with Crippen LogP contribution >= 0.6 is 0 Å². The molecular formula is C14H17NO5S. The molecule has 1 aromatic rings. The molecular weight excluding hydrogens is 294 g/mol. The Labute approximate surface area is 123 Å². The lowest BCUT2D eigenvalue weighted by molar-refractivity contribution is -0.120. The van der Waals surface area contributed by atoms with Crippen LogP contribution in [0.2, 0.25) is 0 Å². The Hall–Kier alpha value is -1.89. The highest BCUT2D eigenvalue weighted by Gasteiger charge is 2.43. The minimum atomic E-state index is -3.55. The van der Waals surface area contributed by atoms with Crippen LogP contribution in [0.3, 0.4) is 0 Å². The summed E-state index contributed by atoms with van der Waals surface area (Å²) in [6.45, 7) is 3.12. The van der Waals surface area contributed by atoms with Crippen molar-refractivity contribution in [2.45, 2.75) is 25.0 Å². The van der Waals surface area contributed by atoms with Gasteiger partial charge in [0.15, 0.2) is 9.84 Å². The summed E-state index contributed by atoms with van der Waals surface area (Å²) in [4.78, 5) is 24.9. The van der Waals surface area contributed by atoms with E-state index in [1.807, 2.05) is 0 Å². The Morgan fingerprint density at radius 3 is 2.43 bits per heavy atom. The van der Waals surface area contributed by atoms with Crippen LogP contribution in [0.5, 0.6) is 0 Å². The first kappa shape index (κ1) is 15.5. The molecule has 1 aliphatic heterocycles. The summed E-state index contributed by atoms with van der Waals surface area (Å²) < 4.78 is 22.0. The van der Waals surface area contributed by atoms with Crippen LogP contribution in [0.1, 0.15) is 29.8 Å². The van der Waals surface area contributed by atoms with Gasteiger partial charge in [0.25, 0.3) is 0 Å². The second-order valence-corrected chi connectivity index (χ2v) is 8.20. The highest BCUT2D eigenvalue weighted by atomic mass is 32.2. The largest absolute Gasteiger partial charge is 0.478 e. The van der Waals surface area contributed by atoms with E-state index in [1.54, 1.807) is 6.07 Å². The topological polar surface area (TPSA) is 91.8 Å². The van der Waals surface area contributed by atoms with Crippen molar-refractivity contribution < 1.29 is 23.1 Å². The second-order valence-electron chi connectivity index (χ2n) is 5.64. The Bertz CT molecular complexity index is 721. The van der Waals surface area contributed by atoms with Crippen LogP contribution in [0.25, 0.3) is 0 Å². The summed E-state index contributed by atoms with van der Waals surface area (Å²) in [5, 5.41) is 8.97. The van der Waals surface area contributed by atoms with Crippen LogP contribution in [0.4, 0.5) is 5.69 Å². The number of nitrogens with zero attached hydrogens (tertiary/aromatic N) is 1. The lowest BCUT2D eigenvalue weighted by Crippen LogP contribution is -2.49. The van der Waals surface area contributed by atoms with Crippen LogP contribution in [-0.2, 0) is 21.1 Å². The van der Waals surface area contributed by atoms with Crippen LogP contribution in [-0.4, -0.2) is 42.9 Å². The number of amides is 1. The van der Waals surface area contributed by atoms with Gasteiger partial charge >= 0.3 is 5.97 Å². The summed E-state index contributed by atoms with van der Waals surface area (Å²) in [5.41, 5.74) is 1.49. The highest BCUT2D eigenvalue weighted by Crippen LogP contribution is 2.32. The van der Waals surface area contributed by atoms with Gasteiger partial charge in [0.05, 0.1) is 5.56 Å². The molecule has 7 heteroatoms. The van der Waals surface area contributed by atoms with E-state index in [9.17, 15) is 18.0 Å². The van der Waals surface area contributed by atoms with E-state index in [4.69, 9.17) is 5.11 Å². The van der Waals surface area contributed by atoms with Crippen molar-refractivity contribution in [1.82, 2.24) is 0 Å². The molecule has 0 spiro atoms. The number of anilines is 1. The molecule has 114 valence electrons. The molecule has 1 aliphatic rings. The van der Waals surface area contributed by atoms with Crippen molar-refractivity contribution >= 4 is 27.4 Å². The van der Waals surface area contributed by atoms with Gasteiger partial charge in [0.1, 0.15) is 4.75 Å². The van der Waals surface area contributed by atoms with E-state index in [-0.39, 0.29) is 5.56 Å². The number of fused-ring (bicyclic) bond motifs is 1. The molecule has 0 unspecified atom stereocenters. The first-order chi connectivity index (χ1) is 9.55. The smallest absolute Gasteiger partial charge is 0.335 e. The van der Waals surface area contributed by atoms with E-state index in [0.29, 0.717) is 18.7 Å². The van der Waals surface area contributed by atoms with Gasteiger partial charge in [-0.15, -0.1) is 0 Å². The number of benzene rings is 1. The zero-order valence-corrected chi connectivity index (χ0v) is 12.9. The average Bonchev–Trinajstić information content (AvgIpc) is 2.78. The third kappa shape index (κ3) is 2.53. The third-order valence-corrected chi connectivity index (χ3v) is 5.94. The standard InChI is InChI=1S/C14H17NO5S/c1-14(2,21(3,19)20)13(18)15-7-6-9-8-10(12(16)17)4-5-11(9)15/h4-5,8H,6-7H2,1-3H3,(H,16,17). The molecule has 0 saturated carbocycles. The third-order valence-electron chi connectivity index (χ3n) is 3.91. The number of rotatable bonds is 3. The number of carboxylic acids is 1. The summed E-state index contributed by atoms with van der Waals surface area (Å²) in [6.07, 6.45) is 1.55. The first-order valence-electron chi connectivity index (χ1n) is 6.43. The maximum absolute atomic E-state index is 12.5. The van der Waals surface area contributed by atoms with E-state index in [0.717, 1.165) is 11.8 Å². The molecule has 0 fully saturated rings. The maximum Gasteiger partial charge on any atom is 0.335 e. The van der Waals surface area contributed by atoms with Gasteiger partial charge in [0.2, 0.25) is 5.91 Å². The fourth-order valence-corrected chi connectivity index (χ4v) is 2.66. The van der Waals surface area contributed by atoms with Crippen molar-refractivity contribution in [1.29, 1.82) is 0 Å². The minimum Gasteiger partial charge on any atom is -0.478 e. The number of carbonyl (C=O) groups is 2. The van der Waals surface area contributed by atoms with Gasteiger partial charge in [0, 0.05) is 18.5 Å². The van der Waals surface area contributed by atoms with Gasteiger partial charge in [-0.05, 0) is 44.0 Å². The molecule has 1 N–H and O–H groups in total. The Morgan fingerprint density at radius 2 is 1.90 bits per heavy atom. The number of hydrogen-bond acceptors (Lipinski definition) is 4. The van der Waals surface area contributed by atoms with Crippen molar-refractivity contribution in [3.05, 3.63) is 29.3 Å². The molecule has 0 atom stereocenters. The van der Waals surface area contributed by atoms with E-state index < -0.39 is 26.5 Å². The Balaban J connectivity index is 2.40. The molecule has 0 radical (unpaired) electrons. The summed E-state index contributed by atoms with van der Waals surface area (Å²) in [7, 11) is -3.55. The molecule has 1 aromatic carbocycles. The van der Waals surface area contributed by atoms with E-state index in [2.05, 4.69) is 0 Å². The van der Waals surface area contributed by atoms with Gasteiger partial charge in [-0.2, -0.15) is 0 Å². The van der Waals surface area contributed by atoms with Gasteiger partial charge in [-0.25, -0.2) is 13.2 Å². The maximum atomic E-state index is 12.5. The second kappa shape index (κ2) is 4.84. The lowest BCUT2D eigenvalue weighted by atomic mass is 10.1. The highest BCUT2D eigenvalue weighted by molar-refractivity contribution is 7.92. The number of carboxylic acid groups (broad SMARTS) is 1.